The number of terminal acetylenes is 1. The Balaban J connectivity index is 2.48. The van der Waals surface area contributed by atoms with Crippen LogP contribution >= 0.6 is 0 Å². The Morgan fingerprint density at radius 1 is 1.25 bits per heavy atom. The van der Waals surface area contributed by atoms with Gasteiger partial charge in [0.25, 0.3) is 0 Å². The highest BCUT2D eigenvalue weighted by Gasteiger charge is 2.32. The summed E-state index contributed by atoms with van der Waals surface area (Å²) in [6.45, 7) is 0. The monoisotopic (exact) mass is 206 g/mol. The summed E-state index contributed by atoms with van der Waals surface area (Å²) >= 11 is 0. The molecule has 0 radical (unpaired) electrons. The third-order valence-corrected chi connectivity index (χ3v) is 3.04. The van der Waals surface area contributed by atoms with E-state index in [1.807, 2.05) is 30.3 Å². The first-order valence-corrected chi connectivity index (χ1v) is 5.16. The zero-order chi connectivity index (χ0) is 11.2. The smallest absolute Gasteiger partial charge is 0.171 e. The summed E-state index contributed by atoms with van der Waals surface area (Å²) in [5.41, 5.74) is 0.560. The predicted octanol–water partition coefficient (Wildman–Crippen LogP) is 0.492. The molecule has 76 valence electrons. The topological polar surface area (TPSA) is 20.2 Å². The van der Waals surface area contributed by atoms with Gasteiger partial charge < -0.3 is 5.11 Å². The largest absolute Gasteiger partial charge is 0.370 e. The molecule has 0 saturated carbocycles. The molecule has 2 aliphatic carbocycles. The van der Waals surface area contributed by atoms with Gasteiger partial charge in [-0.25, -0.2) is 0 Å². The zero-order valence-electron chi connectivity index (χ0n) is 8.64. The molecule has 2 aliphatic rings. The standard InChI is InChI=1S/C15H10O/c1-2-15(16)9-5-7-12-10-11-6-3-4-8-13(11)14(12)15/h1,3-10,16H. The minimum absolute atomic E-state index is 0.827. The van der Waals surface area contributed by atoms with Crippen molar-refractivity contribution in [2.24, 2.45) is 0 Å². The third kappa shape index (κ3) is 1.05. The van der Waals surface area contributed by atoms with Crippen LogP contribution in [0.15, 0.2) is 48.1 Å². The van der Waals surface area contributed by atoms with E-state index in [2.05, 4.69) is 12.0 Å². The van der Waals surface area contributed by atoms with Crippen molar-refractivity contribution >= 4 is 11.6 Å². The summed E-state index contributed by atoms with van der Waals surface area (Å²) in [7, 11) is 0. The van der Waals surface area contributed by atoms with Gasteiger partial charge in [-0.1, -0.05) is 42.3 Å². The van der Waals surface area contributed by atoms with Gasteiger partial charge in [-0.2, -0.15) is 0 Å². The van der Waals surface area contributed by atoms with Crippen LogP contribution in [0.25, 0.3) is 11.6 Å². The van der Waals surface area contributed by atoms with Crippen LogP contribution in [0.4, 0.5) is 0 Å². The van der Waals surface area contributed by atoms with Crippen LogP contribution in [-0.2, 0) is 0 Å². The minimum atomic E-state index is -1.27. The molecule has 1 aromatic carbocycles. The van der Waals surface area contributed by atoms with E-state index in [1.165, 1.54) is 0 Å². The van der Waals surface area contributed by atoms with Crippen LogP contribution in [0.3, 0.4) is 0 Å². The quantitative estimate of drug-likeness (QED) is 0.613. The summed E-state index contributed by atoms with van der Waals surface area (Å²) < 4.78 is 0. The summed E-state index contributed by atoms with van der Waals surface area (Å²) in [5.74, 6) is 2.46. The lowest BCUT2D eigenvalue weighted by Crippen LogP contribution is -2.34. The van der Waals surface area contributed by atoms with Gasteiger partial charge in [0.1, 0.15) is 0 Å². The Hall–Kier alpha value is -2.04. The molecule has 0 fully saturated rings. The van der Waals surface area contributed by atoms with Gasteiger partial charge in [-0.15, -0.1) is 6.42 Å². The molecule has 1 heteroatoms. The van der Waals surface area contributed by atoms with Crippen molar-refractivity contribution in [3.63, 3.8) is 0 Å². The first-order valence-electron chi connectivity index (χ1n) is 5.16. The van der Waals surface area contributed by atoms with Crippen molar-refractivity contribution in [2.45, 2.75) is 5.60 Å². The van der Waals surface area contributed by atoms with Gasteiger partial charge in [0.05, 0.1) is 0 Å². The Labute approximate surface area is 93.7 Å². The van der Waals surface area contributed by atoms with Crippen LogP contribution < -0.4 is 10.4 Å². The number of rotatable bonds is 0. The highest BCUT2D eigenvalue weighted by molar-refractivity contribution is 5.90. The maximum Gasteiger partial charge on any atom is 0.171 e. The van der Waals surface area contributed by atoms with Crippen molar-refractivity contribution in [1.29, 1.82) is 0 Å². The summed E-state index contributed by atoms with van der Waals surface area (Å²) in [6, 6.07) is 7.95. The Morgan fingerprint density at radius 2 is 2.06 bits per heavy atom. The highest BCUT2D eigenvalue weighted by Crippen LogP contribution is 2.31. The van der Waals surface area contributed by atoms with Gasteiger partial charge in [0, 0.05) is 5.57 Å². The molecule has 0 heterocycles. The van der Waals surface area contributed by atoms with E-state index >= 15 is 0 Å². The normalized spacial score (nSPS) is 25.2. The lowest BCUT2D eigenvalue weighted by molar-refractivity contribution is 0.213. The Kier molecular flexibility index (Phi) is 1.71. The second-order valence-corrected chi connectivity index (χ2v) is 4.00. The van der Waals surface area contributed by atoms with Crippen LogP contribution in [0, 0.1) is 12.3 Å². The number of hydrogen-bond acceptors (Lipinski definition) is 1. The second-order valence-electron chi connectivity index (χ2n) is 4.00. The fourth-order valence-electron chi connectivity index (χ4n) is 2.30. The zero-order valence-corrected chi connectivity index (χ0v) is 8.64. The maximum atomic E-state index is 10.4. The fourth-order valence-corrected chi connectivity index (χ4v) is 2.30. The molecule has 0 aliphatic heterocycles. The molecule has 0 saturated heterocycles. The molecule has 16 heavy (non-hydrogen) atoms. The number of benzene rings is 1. The molecule has 1 atom stereocenters. The lowest BCUT2D eigenvalue weighted by atomic mass is 9.85. The third-order valence-electron chi connectivity index (χ3n) is 3.04. The molecular weight excluding hydrogens is 196 g/mol. The summed E-state index contributed by atoms with van der Waals surface area (Å²) in [5, 5.41) is 12.5. The Morgan fingerprint density at radius 3 is 2.88 bits per heavy atom. The van der Waals surface area contributed by atoms with E-state index in [-0.39, 0.29) is 0 Å². The fraction of sp³-hybridized carbons (Fsp3) is 0.0667. The summed E-state index contributed by atoms with van der Waals surface area (Å²) in [4.78, 5) is 0. The van der Waals surface area contributed by atoms with Crippen molar-refractivity contribution in [3.05, 3.63) is 58.5 Å². The van der Waals surface area contributed by atoms with Crippen LogP contribution in [0.1, 0.15) is 0 Å². The van der Waals surface area contributed by atoms with Crippen molar-refractivity contribution in [2.75, 3.05) is 0 Å². The SMILES string of the molecule is C#CC1(O)C=CC=C2C=c3ccccc3=C21. The van der Waals surface area contributed by atoms with Gasteiger partial charge in [-0.05, 0) is 28.2 Å². The maximum absolute atomic E-state index is 10.4. The molecule has 0 amide bonds. The molecule has 0 aromatic heterocycles. The second kappa shape index (κ2) is 2.98. The number of fused-ring (bicyclic) bond motifs is 2. The van der Waals surface area contributed by atoms with E-state index in [4.69, 9.17) is 6.42 Å². The molecule has 3 rings (SSSR count). The molecule has 1 N–H and O–H groups in total. The van der Waals surface area contributed by atoms with E-state index in [0.717, 1.165) is 21.6 Å². The van der Waals surface area contributed by atoms with Crippen LogP contribution in [0.2, 0.25) is 0 Å². The molecule has 1 unspecified atom stereocenters. The lowest BCUT2D eigenvalue weighted by Gasteiger charge is -2.24. The van der Waals surface area contributed by atoms with Crippen molar-refractivity contribution in [3.8, 4) is 12.3 Å². The minimum Gasteiger partial charge on any atom is -0.370 e. The van der Waals surface area contributed by atoms with E-state index in [1.54, 1.807) is 12.2 Å². The molecular formula is C15H10O. The van der Waals surface area contributed by atoms with Crippen molar-refractivity contribution < 1.29 is 5.11 Å². The van der Waals surface area contributed by atoms with Gasteiger partial charge in [0.2, 0.25) is 0 Å². The average molecular weight is 206 g/mol. The van der Waals surface area contributed by atoms with Gasteiger partial charge >= 0.3 is 0 Å². The van der Waals surface area contributed by atoms with E-state index in [0.29, 0.717) is 0 Å². The molecule has 0 bridgehead atoms. The van der Waals surface area contributed by atoms with Crippen molar-refractivity contribution in [1.82, 2.24) is 0 Å². The first kappa shape index (κ1) is 9.21. The van der Waals surface area contributed by atoms with Gasteiger partial charge in [-0.3, -0.25) is 0 Å². The highest BCUT2D eigenvalue weighted by atomic mass is 16.3. The molecule has 0 spiro atoms. The van der Waals surface area contributed by atoms with Crippen LogP contribution in [0.5, 0.6) is 0 Å². The van der Waals surface area contributed by atoms with E-state index in [9.17, 15) is 5.11 Å². The van der Waals surface area contributed by atoms with Gasteiger partial charge in [0.15, 0.2) is 5.60 Å². The first-order chi connectivity index (χ1) is 7.74. The molecule has 1 nitrogen and oxygen atoms in total. The average Bonchev–Trinajstić information content (AvgIpc) is 2.69. The van der Waals surface area contributed by atoms with E-state index < -0.39 is 5.60 Å². The molecule has 1 aromatic rings. The number of aliphatic hydroxyl groups is 1. The number of allylic oxidation sites excluding steroid dienone is 2. The summed E-state index contributed by atoms with van der Waals surface area (Å²) in [6.07, 6.45) is 12.9. The Bertz CT molecular complexity index is 683. The number of hydrogen-bond donors (Lipinski definition) is 1. The predicted molar refractivity (Wildman–Crippen MR) is 64.6 cm³/mol. The van der Waals surface area contributed by atoms with Crippen LogP contribution in [-0.4, -0.2) is 10.7 Å².